The molecule has 0 saturated heterocycles. The van der Waals surface area contributed by atoms with Gasteiger partial charge in [-0.15, -0.1) is 0 Å². The van der Waals surface area contributed by atoms with Crippen molar-refractivity contribution in [3.63, 3.8) is 0 Å². The van der Waals surface area contributed by atoms with Crippen molar-refractivity contribution < 1.29 is 0 Å². The zero-order valence-electron chi connectivity index (χ0n) is 10.8. The van der Waals surface area contributed by atoms with Crippen LogP contribution in [0.1, 0.15) is 11.1 Å². The molecule has 0 aliphatic heterocycles. The summed E-state index contributed by atoms with van der Waals surface area (Å²) in [5.41, 5.74) is 4.59. The van der Waals surface area contributed by atoms with E-state index in [0.29, 0.717) is 0 Å². The molecule has 0 aliphatic rings. The number of nitrogens with zero attached hydrogens (tertiary/aromatic N) is 2. The molecule has 3 rings (SSSR count). The van der Waals surface area contributed by atoms with Gasteiger partial charge in [-0.3, -0.25) is 9.97 Å². The van der Waals surface area contributed by atoms with E-state index in [1.807, 2.05) is 48.9 Å². The van der Waals surface area contributed by atoms with Gasteiger partial charge in [-0.05, 0) is 36.2 Å². The summed E-state index contributed by atoms with van der Waals surface area (Å²) >= 11 is 0. The molecule has 3 heteroatoms. The molecular weight excluding hydrogens is 234 g/mol. The van der Waals surface area contributed by atoms with Crippen molar-refractivity contribution in [2.24, 2.45) is 0 Å². The largest absolute Gasteiger partial charge is 0.380 e. The van der Waals surface area contributed by atoms with E-state index in [0.717, 1.165) is 23.1 Å². The van der Waals surface area contributed by atoms with E-state index in [1.54, 1.807) is 0 Å². The third kappa shape index (κ3) is 2.40. The Bertz CT molecular complexity index is 702. The smallest absolute Gasteiger partial charge is 0.0722 e. The number of para-hydroxylation sites is 1. The summed E-state index contributed by atoms with van der Waals surface area (Å²) < 4.78 is 0. The predicted molar refractivity (Wildman–Crippen MR) is 78.0 cm³/mol. The summed E-state index contributed by atoms with van der Waals surface area (Å²) in [6.07, 6.45) is 5.56. The van der Waals surface area contributed by atoms with Crippen molar-refractivity contribution in [3.05, 3.63) is 66.1 Å². The van der Waals surface area contributed by atoms with E-state index in [1.165, 1.54) is 11.1 Å². The molecule has 2 heterocycles. The predicted octanol–water partition coefficient (Wildman–Crippen LogP) is 3.55. The fraction of sp³-hybridized carbons (Fsp3) is 0.125. The van der Waals surface area contributed by atoms with Gasteiger partial charge < -0.3 is 5.32 Å². The lowest BCUT2D eigenvalue weighted by molar-refractivity contribution is 1.09. The molecule has 0 atom stereocenters. The van der Waals surface area contributed by atoms with Crippen LogP contribution in [-0.4, -0.2) is 9.97 Å². The Balaban J connectivity index is 1.88. The van der Waals surface area contributed by atoms with E-state index >= 15 is 0 Å². The van der Waals surface area contributed by atoms with Gasteiger partial charge in [0.15, 0.2) is 0 Å². The Morgan fingerprint density at radius 2 is 1.95 bits per heavy atom. The lowest BCUT2D eigenvalue weighted by atomic mass is 10.1. The number of pyridine rings is 2. The maximum Gasteiger partial charge on any atom is 0.0722 e. The molecule has 0 aliphatic carbocycles. The Hall–Kier alpha value is -2.42. The molecule has 0 unspecified atom stereocenters. The zero-order chi connectivity index (χ0) is 13.1. The lowest BCUT2D eigenvalue weighted by Crippen LogP contribution is -2.02. The van der Waals surface area contributed by atoms with Crippen molar-refractivity contribution in [3.8, 4) is 0 Å². The first-order valence-electron chi connectivity index (χ1n) is 6.32. The van der Waals surface area contributed by atoms with Gasteiger partial charge >= 0.3 is 0 Å². The van der Waals surface area contributed by atoms with Crippen LogP contribution in [0.15, 0.2) is 55.0 Å². The Morgan fingerprint density at radius 3 is 2.84 bits per heavy atom. The van der Waals surface area contributed by atoms with Crippen LogP contribution in [-0.2, 0) is 6.54 Å². The first-order chi connectivity index (χ1) is 9.34. The van der Waals surface area contributed by atoms with Gasteiger partial charge in [0.1, 0.15) is 0 Å². The topological polar surface area (TPSA) is 37.8 Å². The van der Waals surface area contributed by atoms with Gasteiger partial charge in [0.25, 0.3) is 0 Å². The van der Waals surface area contributed by atoms with Crippen molar-refractivity contribution in [1.82, 2.24) is 9.97 Å². The summed E-state index contributed by atoms with van der Waals surface area (Å²) in [6, 6.07) is 12.2. The normalized spacial score (nSPS) is 10.6. The Labute approximate surface area is 112 Å². The number of hydrogen-bond donors (Lipinski definition) is 1. The highest BCUT2D eigenvalue weighted by Gasteiger charge is 2.02. The molecule has 94 valence electrons. The fourth-order valence-corrected chi connectivity index (χ4v) is 2.14. The van der Waals surface area contributed by atoms with Crippen LogP contribution in [0, 0.1) is 6.92 Å². The van der Waals surface area contributed by atoms with Crippen molar-refractivity contribution in [1.29, 1.82) is 0 Å². The average molecular weight is 249 g/mol. The van der Waals surface area contributed by atoms with E-state index in [2.05, 4.69) is 28.3 Å². The van der Waals surface area contributed by atoms with Gasteiger partial charge in [-0.1, -0.05) is 18.2 Å². The van der Waals surface area contributed by atoms with Crippen molar-refractivity contribution in [2.45, 2.75) is 13.5 Å². The third-order valence-electron chi connectivity index (χ3n) is 3.25. The summed E-state index contributed by atoms with van der Waals surface area (Å²) in [6.45, 7) is 2.87. The minimum atomic E-state index is 0.794. The summed E-state index contributed by atoms with van der Waals surface area (Å²) in [5.74, 6) is 0. The number of aryl methyl sites for hydroxylation is 1. The maximum atomic E-state index is 4.36. The van der Waals surface area contributed by atoms with Gasteiger partial charge in [0, 0.05) is 36.2 Å². The molecule has 0 spiro atoms. The van der Waals surface area contributed by atoms with Gasteiger partial charge in [0.2, 0.25) is 0 Å². The number of aromatic nitrogens is 2. The average Bonchev–Trinajstić information content (AvgIpc) is 2.46. The molecule has 2 aromatic heterocycles. The van der Waals surface area contributed by atoms with Gasteiger partial charge in [-0.25, -0.2) is 0 Å². The highest BCUT2D eigenvalue weighted by atomic mass is 14.9. The monoisotopic (exact) mass is 249 g/mol. The van der Waals surface area contributed by atoms with E-state index in [-0.39, 0.29) is 0 Å². The van der Waals surface area contributed by atoms with Crippen molar-refractivity contribution >= 4 is 16.6 Å². The molecule has 1 aromatic carbocycles. The van der Waals surface area contributed by atoms with Crippen LogP contribution in [0.3, 0.4) is 0 Å². The summed E-state index contributed by atoms with van der Waals surface area (Å²) in [4.78, 5) is 8.48. The molecule has 19 heavy (non-hydrogen) atoms. The molecule has 3 aromatic rings. The molecule has 3 nitrogen and oxygen atoms in total. The van der Waals surface area contributed by atoms with Crippen LogP contribution in [0.4, 0.5) is 5.69 Å². The first kappa shape index (κ1) is 11.7. The van der Waals surface area contributed by atoms with E-state index < -0.39 is 0 Å². The van der Waals surface area contributed by atoms with Crippen LogP contribution in [0.5, 0.6) is 0 Å². The van der Waals surface area contributed by atoms with Crippen LogP contribution < -0.4 is 5.32 Å². The highest BCUT2D eigenvalue weighted by molar-refractivity contribution is 5.90. The number of benzene rings is 1. The second-order valence-corrected chi connectivity index (χ2v) is 4.53. The zero-order valence-corrected chi connectivity index (χ0v) is 10.8. The summed E-state index contributed by atoms with van der Waals surface area (Å²) in [7, 11) is 0. The molecule has 0 radical (unpaired) electrons. The van der Waals surface area contributed by atoms with Crippen LogP contribution in [0.2, 0.25) is 0 Å². The number of rotatable bonds is 3. The number of hydrogen-bond acceptors (Lipinski definition) is 3. The number of nitrogens with one attached hydrogen (secondary N) is 1. The second kappa shape index (κ2) is 5.06. The minimum Gasteiger partial charge on any atom is -0.380 e. The molecule has 0 bridgehead atoms. The lowest BCUT2D eigenvalue weighted by Gasteiger charge is -2.10. The first-order valence-corrected chi connectivity index (χ1v) is 6.32. The minimum absolute atomic E-state index is 0.794. The number of anilines is 1. The van der Waals surface area contributed by atoms with Crippen LogP contribution >= 0.6 is 0 Å². The van der Waals surface area contributed by atoms with Gasteiger partial charge in [0.05, 0.1) is 5.52 Å². The second-order valence-electron chi connectivity index (χ2n) is 4.53. The maximum absolute atomic E-state index is 4.36. The Kier molecular flexibility index (Phi) is 3.11. The SMILES string of the molecule is Cc1cnccc1CNc1ccnc2ccccc12. The standard InChI is InChI=1S/C16H15N3/c1-12-10-17-8-6-13(12)11-19-16-7-9-18-15-5-3-2-4-14(15)16/h2-10H,11H2,1H3,(H,18,19). The molecule has 0 saturated carbocycles. The molecule has 0 amide bonds. The quantitative estimate of drug-likeness (QED) is 0.771. The summed E-state index contributed by atoms with van der Waals surface area (Å²) in [5, 5.41) is 4.63. The molecular formula is C16H15N3. The highest BCUT2D eigenvalue weighted by Crippen LogP contribution is 2.21. The van der Waals surface area contributed by atoms with Gasteiger partial charge in [-0.2, -0.15) is 0 Å². The Morgan fingerprint density at radius 1 is 1.05 bits per heavy atom. The molecule has 0 fully saturated rings. The fourth-order valence-electron chi connectivity index (χ4n) is 2.14. The third-order valence-corrected chi connectivity index (χ3v) is 3.25. The van der Waals surface area contributed by atoms with E-state index in [4.69, 9.17) is 0 Å². The molecule has 1 N–H and O–H groups in total. The van der Waals surface area contributed by atoms with Crippen molar-refractivity contribution in [2.75, 3.05) is 5.32 Å². The van der Waals surface area contributed by atoms with E-state index in [9.17, 15) is 0 Å². The van der Waals surface area contributed by atoms with Crippen LogP contribution in [0.25, 0.3) is 10.9 Å². The number of fused-ring (bicyclic) bond motifs is 1.